The summed E-state index contributed by atoms with van der Waals surface area (Å²) in [5.74, 6) is 4.27. The van der Waals surface area contributed by atoms with Gasteiger partial charge in [-0.2, -0.15) is 11.8 Å². The molecule has 122 valence electrons. The molecule has 1 aromatic heterocycles. The lowest BCUT2D eigenvalue weighted by Crippen LogP contribution is -2.33. The van der Waals surface area contributed by atoms with Crippen LogP contribution in [0.3, 0.4) is 0 Å². The minimum Gasteiger partial charge on any atom is -0.366 e. The minimum absolute atomic E-state index is 0.796. The van der Waals surface area contributed by atoms with Crippen LogP contribution in [0.2, 0.25) is 0 Å². The zero-order valence-corrected chi connectivity index (χ0v) is 14.9. The number of hydrogen-bond donors (Lipinski definition) is 1. The quantitative estimate of drug-likeness (QED) is 0.929. The molecule has 0 bridgehead atoms. The third-order valence-corrected chi connectivity index (χ3v) is 5.22. The predicted octanol–water partition coefficient (Wildman–Crippen LogP) is 3.57. The standard InChI is InChI=1S/C18H24N4S/c1-13-8-14(2)16(15(3)9-13)11-19-17-10-18(21-12-20-17)22-4-6-23-7-5-22/h8-10,12H,4-7,11H2,1-3H3,(H,19,20,21). The van der Waals surface area contributed by atoms with Gasteiger partial charge in [0.15, 0.2) is 0 Å². The Morgan fingerprint density at radius 1 is 1.04 bits per heavy atom. The van der Waals surface area contributed by atoms with Crippen molar-refractivity contribution in [1.82, 2.24) is 9.97 Å². The third-order valence-electron chi connectivity index (χ3n) is 4.27. The Labute approximate surface area is 142 Å². The SMILES string of the molecule is Cc1cc(C)c(CNc2cc(N3CCSCC3)ncn2)c(C)c1. The first-order valence-corrected chi connectivity index (χ1v) is 9.24. The molecule has 0 atom stereocenters. The van der Waals surface area contributed by atoms with Gasteiger partial charge in [-0.05, 0) is 37.5 Å². The summed E-state index contributed by atoms with van der Waals surface area (Å²) in [6.07, 6.45) is 1.66. The maximum absolute atomic E-state index is 4.43. The first kappa shape index (κ1) is 16.1. The lowest BCUT2D eigenvalue weighted by molar-refractivity contribution is 0.834. The summed E-state index contributed by atoms with van der Waals surface area (Å²) >= 11 is 2.01. The van der Waals surface area contributed by atoms with Crippen molar-refractivity contribution in [1.29, 1.82) is 0 Å². The van der Waals surface area contributed by atoms with Gasteiger partial charge < -0.3 is 10.2 Å². The highest BCUT2D eigenvalue weighted by molar-refractivity contribution is 7.99. The normalized spacial score (nSPS) is 14.8. The molecule has 4 nitrogen and oxygen atoms in total. The van der Waals surface area contributed by atoms with Crippen molar-refractivity contribution in [3.8, 4) is 0 Å². The van der Waals surface area contributed by atoms with Crippen LogP contribution < -0.4 is 10.2 Å². The van der Waals surface area contributed by atoms with E-state index in [4.69, 9.17) is 0 Å². The van der Waals surface area contributed by atoms with E-state index in [1.807, 2.05) is 11.8 Å². The van der Waals surface area contributed by atoms with Gasteiger partial charge in [-0.3, -0.25) is 0 Å². The van der Waals surface area contributed by atoms with Crippen molar-refractivity contribution in [2.24, 2.45) is 0 Å². The van der Waals surface area contributed by atoms with Crippen molar-refractivity contribution in [2.45, 2.75) is 27.3 Å². The maximum Gasteiger partial charge on any atom is 0.134 e. The molecule has 0 amide bonds. The second kappa shape index (κ2) is 7.21. The van der Waals surface area contributed by atoms with E-state index in [-0.39, 0.29) is 0 Å². The van der Waals surface area contributed by atoms with Crippen molar-refractivity contribution in [3.63, 3.8) is 0 Å². The van der Waals surface area contributed by atoms with Gasteiger partial charge in [0.1, 0.15) is 18.0 Å². The second-order valence-corrected chi connectivity index (χ2v) is 7.32. The van der Waals surface area contributed by atoms with Crippen LogP contribution in [0.25, 0.3) is 0 Å². The van der Waals surface area contributed by atoms with Crippen LogP contribution in [0.1, 0.15) is 22.3 Å². The van der Waals surface area contributed by atoms with E-state index >= 15 is 0 Å². The van der Waals surface area contributed by atoms with Gasteiger partial charge in [0, 0.05) is 37.2 Å². The van der Waals surface area contributed by atoms with Gasteiger partial charge in [0.05, 0.1) is 0 Å². The van der Waals surface area contributed by atoms with Gasteiger partial charge in [-0.25, -0.2) is 9.97 Å². The zero-order valence-electron chi connectivity index (χ0n) is 14.1. The van der Waals surface area contributed by atoms with Crippen molar-refractivity contribution in [2.75, 3.05) is 34.8 Å². The molecule has 1 aliphatic heterocycles. The summed E-state index contributed by atoms with van der Waals surface area (Å²) in [4.78, 5) is 11.1. The number of aryl methyl sites for hydroxylation is 3. The van der Waals surface area contributed by atoms with E-state index in [9.17, 15) is 0 Å². The molecular weight excluding hydrogens is 304 g/mol. The fourth-order valence-corrected chi connectivity index (χ4v) is 3.98. The van der Waals surface area contributed by atoms with Crippen LogP contribution in [-0.4, -0.2) is 34.6 Å². The Kier molecular flexibility index (Phi) is 5.06. The van der Waals surface area contributed by atoms with E-state index in [1.54, 1.807) is 6.33 Å². The Bertz CT molecular complexity index is 657. The molecule has 1 N–H and O–H groups in total. The topological polar surface area (TPSA) is 41.0 Å². The van der Waals surface area contributed by atoms with E-state index in [0.717, 1.165) is 31.3 Å². The maximum atomic E-state index is 4.43. The minimum atomic E-state index is 0.796. The molecule has 0 saturated carbocycles. The number of rotatable bonds is 4. The Balaban J connectivity index is 1.71. The fourth-order valence-electron chi connectivity index (χ4n) is 3.08. The van der Waals surface area contributed by atoms with Crippen molar-refractivity contribution < 1.29 is 0 Å². The fraction of sp³-hybridized carbons (Fsp3) is 0.444. The molecule has 23 heavy (non-hydrogen) atoms. The number of thioether (sulfide) groups is 1. The van der Waals surface area contributed by atoms with Crippen molar-refractivity contribution in [3.05, 3.63) is 46.8 Å². The van der Waals surface area contributed by atoms with Crippen LogP contribution in [0, 0.1) is 20.8 Å². The van der Waals surface area contributed by atoms with Crippen LogP contribution in [0.5, 0.6) is 0 Å². The number of nitrogens with one attached hydrogen (secondary N) is 1. The number of anilines is 2. The molecule has 5 heteroatoms. The van der Waals surface area contributed by atoms with E-state index in [1.165, 1.54) is 33.8 Å². The highest BCUT2D eigenvalue weighted by atomic mass is 32.2. The number of aromatic nitrogens is 2. The monoisotopic (exact) mass is 328 g/mol. The smallest absolute Gasteiger partial charge is 0.134 e. The first-order chi connectivity index (χ1) is 11.1. The average molecular weight is 328 g/mol. The largest absolute Gasteiger partial charge is 0.366 e. The molecule has 0 radical (unpaired) electrons. The molecule has 1 aliphatic rings. The highest BCUT2D eigenvalue weighted by Gasteiger charge is 2.13. The number of benzene rings is 1. The summed E-state index contributed by atoms with van der Waals surface area (Å²) < 4.78 is 0. The molecule has 2 heterocycles. The van der Waals surface area contributed by atoms with E-state index in [2.05, 4.69) is 59.2 Å². The summed E-state index contributed by atoms with van der Waals surface area (Å²) in [6, 6.07) is 6.54. The van der Waals surface area contributed by atoms with Gasteiger partial charge in [0.2, 0.25) is 0 Å². The summed E-state index contributed by atoms with van der Waals surface area (Å²) in [5, 5.41) is 3.46. The van der Waals surface area contributed by atoms with Gasteiger partial charge in [-0.1, -0.05) is 17.7 Å². The molecule has 1 fully saturated rings. The lowest BCUT2D eigenvalue weighted by atomic mass is 10.00. The molecule has 0 aliphatic carbocycles. The second-order valence-electron chi connectivity index (χ2n) is 6.09. The van der Waals surface area contributed by atoms with Crippen molar-refractivity contribution >= 4 is 23.4 Å². The van der Waals surface area contributed by atoms with Gasteiger partial charge >= 0.3 is 0 Å². The lowest BCUT2D eigenvalue weighted by Gasteiger charge is -2.27. The van der Waals surface area contributed by atoms with Crippen LogP contribution in [0.4, 0.5) is 11.6 Å². The number of nitrogens with zero attached hydrogens (tertiary/aromatic N) is 3. The summed E-state index contributed by atoms with van der Waals surface area (Å²) in [5.41, 5.74) is 5.33. The van der Waals surface area contributed by atoms with E-state index in [0.29, 0.717) is 0 Å². The Morgan fingerprint density at radius 3 is 2.43 bits per heavy atom. The average Bonchev–Trinajstić information content (AvgIpc) is 2.55. The van der Waals surface area contributed by atoms with Gasteiger partial charge in [-0.15, -0.1) is 0 Å². The van der Waals surface area contributed by atoms with Gasteiger partial charge in [0.25, 0.3) is 0 Å². The van der Waals surface area contributed by atoms with Crippen LogP contribution in [-0.2, 0) is 6.54 Å². The molecule has 1 saturated heterocycles. The molecule has 1 aromatic carbocycles. The molecule has 3 rings (SSSR count). The van der Waals surface area contributed by atoms with E-state index < -0.39 is 0 Å². The molecule has 2 aromatic rings. The molecular formula is C18H24N4S. The Morgan fingerprint density at radius 2 is 1.74 bits per heavy atom. The van der Waals surface area contributed by atoms with Crippen LogP contribution >= 0.6 is 11.8 Å². The summed E-state index contributed by atoms with van der Waals surface area (Å²) in [6.45, 7) is 9.42. The predicted molar refractivity (Wildman–Crippen MR) is 99.5 cm³/mol. The van der Waals surface area contributed by atoms with Crippen LogP contribution in [0.15, 0.2) is 24.5 Å². The molecule has 0 unspecified atom stereocenters. The highest BCUT2D eigenvalue weighted by Crippen LogP contribution is 2.21. The molecule has 0 spiro atoms. The summed E-state index contributed by atoms with van der Waals surface area (Å²) in [7, 11) is 0. The number of hydrogen-bond acceptors (Lipinski definition) is 5. The third kappa shape index (κ3) is 3.96. The zero-order chi connectivity index (χ0) is 16.2. The first-order valence-electron chi connectivity index (χ1n) is 8.09. The Hall–Kier alpha value is -1.75.